The zero-order valence-electron chi connectivity index (χ0n) is 12.1. The molecule has 0 saturated carbocycles. The van der Waals surface area contributed by atoms with Crippen LogP contribution in [0.25, 0.3) is 0 Å². The molecule has 0 aliphatic carbocycles. The largest absolute Gasteiger partial charge is 0.395 e. The normalized spacial score (nSPS) is 12.5. The van der Waals surface area contributed by atoms with E-state index < -0.39 is 0 Å². The minimum atomic E-state index is -0.224. The lowest BCUT2D eigenvalue weighted by Gasteiger charge is -2.23. The molecule has 0 amide bonds. The summed E-state index contributed by atoms with van der Waals surface area (Å²) in [7, 11) is 0. The van der Waals surface area contributed by atoms with E-state index in [4.69, 9.17) is 5.11 Å². The van der Waals surface area contributed by atoms with Crippen LogP contribution < -0.4 is 10.2 Å². The minimum Gasteiger partial charge on any atom is -0.395 e. The zero-order valence-corrected chi connectivity index (χ0v) is 12.1. The summed E-state index contributed by atoms with van der Waals surface area (Å²) in [6.45, 7) is 8.19. The fourth-order valence-corrected chi connectivity index (χ4v) is 2.10. The zero-order chi connectivity index (χ0) is 14.3. The Hall–Kier alpha value is -1.13. The van der Waals surface area contributed by atoms with Crippen LogP contribution in [0.15, 0.2) is 18.2 Å². The maximum absolute atomic E-state index is 14.1. The van der Waals surface area contributed by atoms with Crippen molar-refractivity contribution in [1.82, 2.24) is 5.32 Å². The number of nitrogens with zero attached hydrogens (tertiary/aromatic N) is 1. The number of aliphatic hydroxyl groups is 1. The van der Waals surface area contributed by atoms with E-state index in [0.29, 0.717) is 18.8 Å². The van der Waals surface area contributed by atoms with Crippen molar-refractivity contribution in [2.24, 2.45) is 0 Å². The van der Waals surface area contributed by atoms with Crippen LogP contribution in [0.3, 0.4) is 0 Å². The van der Waals surface area contributed by atoms with E-state index in [2.05, 4.69) is 12.2 Å². The Labute approximate surface area is 115 Å². The fourth-order valence-electron chi connectivity index (χ4n) is 2.10. The number of nitrogens with one attached hydrogen (secondary N) is 1. The Morgan fingerprint density at radius 1 is 1.37 bits per heavy atom. The SMILES string of the molecule is CCCNC(C)c1ccc(N(CC)CCO)c(F)c1. The van der Waals surface area contributed by atoms with E-state index in [1.54, 1.807) is 12.1 Å². The predicted octanol–water partition coefficient (Wildman–Crippen LogP) is 2.70. The molecule has 1 unspecified atom stereocenters. The summed E-state index contributed by atoms with van der Waals surface area (Å²) >= 11 is 0. The number of likely N-dealkylation sites (N-methyl/N-ethyl adjacent to an activating group) is 1. The van der Waals surface area contributed by atoms with E-state index in [-0.39, 0.29) is 18.5 Å². The van der Waals surface area contributed by atoms with E-state index in [1.807, 2.05) is 24.8 Å². The van der Waals surface area contributed by atoms with E-state index >= 15 is 0 Å². The number of hydrogen-bond donors (Lipinski definition) is 2. The topological polar surface area (TPSA) is 35.5 Å². The van der Waals surface area contributed by atoms with Crippen LogP contribution in [0.5, 0.6) is 0 Å². The number of hydrogen-bond acceptors (Lipinski definition) is 3. The van der Waals surface area contributed by atoms with Crippen molar-refractivity contribution in [3.05, 3.63) is 29.6 Å². The number of rotatable bonds is 8. The summed E-state index contributed by atoms with van der Waals surface area (Å²) in [6.07, 6.45) is 1.06. The molecule has 0 bridgehead atoms. The van der Waals surface area contributed by atoms with Crippen molar-refractivity contribution in [2.45, 2.75) is 33.2 Å². The van der Waals surface area contributed by atoms with Crippen LogP contribution in [-0.4, -0.2) is 31.3 Å². The molecular weight excluding hydrogens is 243 g/mol. The maximum Gasteiger partial charge on any atom is 0.146 e. The molecule has 0 radical (unpaired) electrons. The third-order valence-electron chi connectivity index (χ3n) is 3.26. The van der Waals surface area contributed by atoms with E-state index in [0.717, 1.165) is 18.5 Å². The van der Waals surface area contributed by atoms with Gasteiger partial charge < -0.3 is 15.3 Å². The van der Waals surface area contributed by atoms with Crippen molar-refractivity contribution in [3.8, 4) is 0 Å². The van der Waals surface area contributed by atoms with Gasteiger partial charge in [-0.25, -0.2) is 4.39 Å². The van der Waals surface area contributed by atoms with Gasteiger partial charge in [0.1, 0.15) is 5.82 Å². The standard InChI is InChI=1S/C15H25FN2O/c1-4-8-17-12(3)13-6-7-15(14(16)11-13)18(5-2)9-10-19/h6-7,11-12,17,19H,4-5,8-10H2,1-3H3. The minimum absolute atomic E-state index is 0.0312. The molecule has 1 aromatic carbocycles. The quantitative estimate of drug-likeness (QED) is 0.761. The van der Waals surface area contributed by atoms with E-state index in [1.165, 1.54) is 0 Å². The van der Waals surface area contributed by atoms with Gasteiger partial charge in [-0.2, -0.15) is 0 Å². The van der Waals surface area contributed by atoms with Crippen molar-refractivity contribution < 1.29 is 9.50 Å². The van der Waals surface area contributed by atoms with Gasteiger partial charge in [0.25, 0.3) is 0 Å². The highest BCUT2D eigenvalue weighted by molar-refractivity contribution is 5.49. The Kier molecular flexibility index (Phi) is 6.81. The highest BCUT2D eigenvalue weighted by Crippen LogP contribution is 2.23. The van der Waals surface area contributed by atoms with Gasteiger partial charge >= 0.3 is 0 Å². The Morgan fingerprint density at radius 3 is 2.63 bits per heavy atom. The van der Waals surface area contributed by atoms with Gasteiger partial charge in [0.15, 0.2) is 0 Å². The molecule has 4 heteroatoms. The molecule has 0 aliphatic heterocycles. The summed E-state index contributed by atoms with van der Waals surface area (Å²) in [5.41, 5.74) is 1.51. The molecule has 1 aromatic rings. The monoisotopic (exact) mass is 268 g/mol. The van der Waals surface area contributed by atoms with Crippen LogP contribution in [0, 0.1) is 5.82 Å². The maximum atomic E-state index is 14.1. The second-order valence-corrected chi connectivity index (χ2v) is 4.69. The van der Waals surface area contributed by atoms with Gasteiger partial charge in [-0.15, -0.1) is 0 Å². The van der Waals surface area contributed by atoms with Gasteiger partial charge in [0.2, 0.25) is 0 Å². The number of halogens is 1. The molecule has 0 aromatic heterocycles. The van der Waals surface area contributed by atoms with Crippen LogP contribution in [-0.2, 0) is 0 Å². The van der Waals surface area contributed by atoms with Crippen molar-refractivity contribution in [1.29, 1.82) is 0 Å². The highest BCUT2D eigenvalue weighted by atomic mass is 19.1. The summed E-state index contributed by atoms with van der Waals surface area (Å²) in [5.74, 6) is -0.224. The first-order chi connectivity index (χ1) is 9.13. The Bertz CT molecular complexity index is 384. The molecule has 2 N–H and O–H groups in total. The van der Waals surface area contributed by atoms with Gasteiger partial charge in [0, 0.05) is 19.1 Å². The van der Waals surface area contributed by atoms with Crippen molar-refractivity contribution >= 4 is 5.69 Å². The molecule has 0 fully saturated rings. The van der Waals surface area contributed by atoms with Crippen LogP contribution >= 0.6 is 0 Å². The molecule has 19 heavy (non-hydrogen) atoms. The second kappa shape index (κ2) is 8.12. The summed E-state index contributed by atoms with van der Waals surface area (Å²) in [6, 6.07) is 5.49. The number of aliphatic hydroxyl groups excluding tert-OH is 1. The van der Waals surface area contributed by atoms with Gasteiger partial charge in [-0.1, -0.05) is 13.0 Å². The van der Waals surface area contributed by atoms with Crippen LogP contribution in [0.2, 0.25) is 0 Å². The molecule has 0 saturated heterocycles. The lowest BCUT2D eigenvalue weighted by Crippen LogP contribution is -2.27. The van der Waals surface area contributed by atoms with Gasteiger partial charge in [-0.3, -0.25) is 0 Å². The molecule has 0 spiro atoms. The van der Waals surface area contributed by atoms with Crippen LogP contribution in [0.1, 0.15) is 38.8 Å². The van der Waals surface area contributed by atoms with Gasteiger partial charge in [0.05, 0.1) is 12.3 Å². The first kappa shape index (κ1) is 15.9. The lowest BCUT2D eigenvalue weighted by atomic mass is 10.1. The third kappa shape index (κ3) is 4.48. The molecule has 0 aliphatic rings. The van der Waals surface area contributed by atoms with Crippen molar-refractivity contribution in [2.75, 3.05) is 31.1 Å². The molecule has 108 valence electrons. The Balaban J connectivity index is 2.84. The van der Waals surface area contributed by atoms with E-state index in [9.17, 15) is 4.39 Å². The smallest absolute Gasteiger partial charge is 0.146 e. The number of anilines is 1. The molecule has 1 rings (SSSR count). The molecule has 3 nitrogen and oxygen atoms in total. The summed E-state index contributed by atoms with van der Waals surface area (Å²) in [4.78, 5) is 1.84. The lowest BCUT2D eigenvalue weighted by molar-refractivity contribution is 0.302. The number of benzene rings is 1. The molecular formula is C15H25FN2O. The summed E-state index contributed by atoms with van der Waals surface area (Å²) in [5, 5.41) is 12.3. The van der Waals surface area contributed by atoms with Gasteiger partial charge in [-0.05, 0) is 44.5 Å². The van der Waals surface area contributed by atoms with Crippen LogP contribution in [0.4, 0.5) is 10.1 Å². The predicted molar refractivity (Wildman–Crippen MR) is 78.1 cm³/mol. The second-order valence-electron chi connectivity index (χ2n) is 4.69. The molecule has 0 heterocycles. The molecule has 1 atom stereocenters. The Morgan fingerprint density at radius 2 is 2.11 bits per heavy atom. The van der Waals surface area contributed by atoms with Crippen molar-refractivity contribution in [3.63, 3.8) is 0 Å². The first-order valence-corrected chi connectivity index (χ1v) is 7.02. The average molecular weight is 268 g/mol. The first-order valence-electron chi connectivity index (χ1n) is 7.02. The summed E-state index contributed by atoms with van der Waals surface area (Å²) < 4.78 is 14.1. The highest BCUT2D eigenvalue weighted by Gasteiger charge is 2.12. The fraction of sp³-hybridized carbons (Fsp3) is 0.600. The average Bonchev–Trinajstić information content (AvgIpc) is 2.42. The third-order valence-corrected chi connectivity index (χ3v) is 3.26.